The molecule has 1 atom stereocenters. The van der Waals surface area contributed by atoms with E-state index in [0.29, 0.717) is 0 Å². The van der Waals surface area contributed by atoms with E-state index in [0.717, 1.165) is 18.5 Å². The molecule has 4 nitrogen and oxygen atoms in total. The first-order valence-corrected chi connectivity index (χ1v) is 5.90. The zero-order valence-electron chi connectivity index (χ0n) is 10.6. The van der Waals surface area contributed by atoms with Crippen molar-refractivity contribution >= 4 is 5.91 Å². The minimum absolute atomic E-state index is 0.00324. The molecule has 21 heavy (non-hydrogen) atoms. The summed E-state index contributed by atoms with van der Waals surface area (Å²) in [5, 5.41) is 9.76. The van der Waals surface area contributed by atoms with E-state index in [1.807, 2.05) is 0 Å². The Morgan fingerprint density at radius 3 is 2.48 bits per heavy atom. The Balaban J connectivity index is 2.67. The summed E-state index contributed by atoms with van der Waals surface area (Å²) in [6.45, 7) is 0. The maximum atomic E-state index is 13.0. The number of nitrogens with two attached hydrogens (primary N) is 1. The SMILES string of the molecule is NC(=O)C(O)c1ccccc1-c1cnccc1C(F)(F)F. The Labute approximate surface area is 118 Å². The minimum Gasteiger partial charge on any atom is -0.378 e. The predicted octanol–water partition coefficient (Wildman–Crippen LogP) is 2.29. The number of amides is 1. The average molecular weight is 296 g/mol. The second-order valence-corrected chi connectivity index (χ2v) is 4.31. The van der Waals surface area contributed by atoms with E-state index in [1.54, 1.807) is 0 Å². The highest BCUT2D eigenvalue weighted by Crippen LogP contribution is 2.38. The van der Waals surface area contributed by atoms with Gasteiger partial charge in [0.25, 0.3) is 5.91 Å². The van der Waals surface area contributed by atoms with Gasteiger partial charge in [-0.3, -0.25) is 9.78 Å². The van der Waals surface area contributed by atoms with Crippen LogP contribution in [0.15, 0.2) is 42.7 Å². The van der Waals surface area contributed by atoms with E-state index in [1.165, 1.54) is 24.3 Å². The van der Waals surface area contributed by atoms with Gasteiger partial charge in [0, 0.05) is 18.0 Å². The van der Waals surface area contributed by atoms with Crippen molar-refractivity contribution in [2.45, 2.75) is 12.3 Å². The zero-order valence-corrected chi connectivity index (χ0v) is 10.6. The Kier molecular flexibility index (Phi) is 3.95. The molecule has 110 valence electrons. The van der Waals surface area contributed by atoms with Gasteiger partial charge in [-0.25, -0.2) is 0 Å². The predicted molar refractivity (Wildman–Crippen MR) is 68.8 cm³/mol. The highest BCUT2D eigenvalue weighted by molar-refractivity contribution is 5.84. The molecule has 0 aliphatic carbocycles. The first kappa shape index (κ1) is 15.0. The van der Waals surface area contributed by atoms with Gasteiger partial charge in [0.05, 0.1) is 5.56 Å². The molecule has 1 heterocycles. The van der Waals surface area contributed by atoms with E-state index in [-0.39, 0.29) is 16.7 Å². The summed E-state index contributed by atoms with van der Waals surface area (Å²) >= 11 is 0. The fourth-order valence-corrected chi connectivity index (χ4v) is 1.99. The van der Waals surface area contributed by atoms with E-state index in [2.05, 4.69) is 4.98 Å². The Morgan fingerprint density at radius 1 is 1.19 bits per heavy atom. The molecular formula is C14H11F3N2O2. The maximum Gasteiger partial charge on any atom is 0.417 e. The standard InChI is InChI=1S/C14H11F3N2O2/c15-14(16,17)11-5-6-19-7-10(11)8-3-1-2-4-9(8)12(20)13(18)21/h1-7,12,20H,(H2,18,21). The smallest absolute Gasteiger partial charge is 0.378 e. The van der Waals surface area contributed by atoms with Crippen molar-refractivity contribution in [2.24, 2.45) is 5.73 Å². The highest BCUT2D eigenvalue weighted by Gasteiger charge is 2.34. The lowest BCUT2D eigenvalue weighted by Gasteiger charge is -2.17. The summed E-state index contributed by atoms with van der Waals surface area (Å²) in [4.78, 5) is 14.8. The topological polar surface area (TPSA) is 76.2 Å². The molecule has 1 amide bonds. The Bertz CT molecular complexity index is 671. The second kappa shape index (κ2) is 5.53. The van der Waals surface area contributed by atoms with E-state index >= 15 is 0 Å². The molecule has 1 unspecified atom stereocenters. The molecule has 0 saturated heterocycles. The Hall–Kier alpha value is -2.41. The second-order valence-electron chi connectivity index (χ2n) is 4.31. The van der Waals surface area contributed by atoms with Crippen LogP contribution in [0.1, 0.15) is 17.2 Å². The van der Waals surface area contributed by atoms with Crippen LogP contribution in [0.3, 0.4) is 0 Å². The number of benzene rings is 1. The normalized spacial score (nSPS) is 13.0. The Morgan fingerprint density at radius 2 is 1.86 bits per heavy atom. The van der Waals surface area contributed by atoms with Gasteiger partial charge < -0.3 is 10.8 Å². The lowest BCUT2D eigenvalue weighted by molar-refractivity contribution is -0.137. The third-order valence-electron chi connectivity index (χ3n) is 2.94. The van der Waals surface area contributed by atoms with Gasteiger partial charge >= 0.3 is 6.18 Å². The van der Waals surface area contributed by atoms with Gasteiger partial charge in [0.15, 0.2) is 6.10 Å². The van der Waals surface area contributed by atoms with Gasteiger partial charge in [0.2, 0.25) is 0 Å². The van der Waals surface area contributed by atoms with Crippen LogP contribution >= 0.6 is 0 Å². The number of hydrogen-bond donors (Lipinski definition) is 2. The van der Waals surface area contributed by atoms with E-state index in [9.17, 15) is 23.1 Å². The lowest BCUT2D eigenvalue weighted by Crippen LogP contribution is -2.21. The maximum absolute atomic E-state index is 13.0. The van der Waals surface area contributed by atoms with Gasteiger partial charge in [0.1, 0.15) is 0 Å². The van der Waals surface area contributed by atoms with Crippen molar-refractivity contribution in [3.63, 3.8) is 0 Å². The summed E-state index contributed by atoms with van der Waals surface area (Å²) in [6.07, 6.45) is -4.21. The number of hydrogen-bond acceptors (Lipinski definition) is 3. The molecule has 1 aromatic heterocycles. The molecule has 0 spiro atoms. The van der Waals surface area contributed by atoms with E-state index < -0.39 is 23.8 Å². The lowest BCUT2D eigenvalue weighted by atomic mass is 9.94. The van der Waals surface area contributed by atoms with Crippen LogP contribution < -0.4 is 5.73 Å². The van der Waals surface area contributed by atoms with Crippen LogP contribution in [0.4, 0.5) is 13.2 Å². The molecule has 0 fully saturated rings. The molecule has 0 radical (unpaired) electrons. The number of carbonyl (C=O) groups is 1. The van der Waals surface area contributed by atoms with E-state index in [4.69, 9.17) is 5.73 Å². The number of carbonyl (C=O) groups excluding carboxylic acids is 1. The van der Waals surface area contributed by atoms with Crippen LogP contribution in [0.5, 0.6) is 0 Å². The number of aromatic nitrogens is 1. The summed E-state index contributed by atoms with van der Waals surface area (Å²) in [5.74, 6) is -1.04. The first-order valence-electron chi connectivity index (χ1n) is 5.90. The third kappa shape index (κ3) is 3.03. The number of alkyl halides is 3. The molecule has 2 rings (SSSR count). The number of aliphatic hydroxyl groups is 1. The van der Waals surface area contributed by atoms with Crippen LogP contribution in [0.25, 0.3) is 11.1 Å². The molecule has 1 aromatic carbocycles. The van der Waals surface area contributed by atoms with Crippen LogP contribution in [-0.2, 0) is 11.0 Å². The number of rotatable bonds is 3. The first-order chi connectivity index (χ1) is 9.82. The number of primary amides is 1. The zero-order chi connectivity index (χ0) is 15.6. The highest BCUT2D eigenvalue weighted by atomic mass is 19.4. The van der Waals surface area contributed by atoms with Crippen molar-refractivity contribution in [3.05, 3.63) is 53.9 Å². The summed E-state index contributed by atoms with van der Waals surface area (Å²) < 4.78 is 39.1. The van der Waals surface area contributed by atoms with Crippen molar-refractivity contribution in [1.29, 1.82) is 0 Å². The largest absolute Gasteiger partial charge is 0.417 e. The summed E-state index contributed by atoms with van der Waals surface area (Å²) in [6, 6.07) is 6.54. The van der Waals surface area contributed by atoms with Crippen LogP contribution in [-0.4, -0.2) is 16.0 Å². The molecule has 2 aromatic rings. The number of pyridine rings is 1. The van der Waals surface area contributed by atoms with Crippen molar-refractivity contribution < 1.29 is 23.1 Å². The van der Waals surface area contributed by atoms with Crippen molar-refractivity contribution in [3.8, 4) is 11.1 Å². The van der Waals surface area contributed by atoms with Gasteiger partial charge in [-0.15, -0.1) is 0 Å². The molecule has 0 bridgehead atoms. The quantitative estimate of drug-likeness (QED) is 0.912. The van der Waals surface area contributed by atoms with Crippen molar-refractivity contribution in [1.82, 2.24) is 4.98 Å². The number of halogens is 3. The number of nitrogens with zero attached hydrogens (tertiary/aromatic N) is 1. The fraction of sp³-hybridized carbons (Fsp3) is 0.143. The summed E-state index contributed by atoms with van der Waals surface area (Å²) in [7, 11) is 0. The molecule has 7 heteroatoms. The van der Waals surface area contributed by atoms with Gasteiger partial charge in [-0.05, 0) is 17.2 Å². The molecule has 0 saturated carbocycles. The van der Waals surface area contributed by atoms with Gasteiger partial charge in [-0.1, -0.05) is 24.3 Å². The van der Waals surface area contributed by atoms with Gasteiger partial charge in [-0.2, -0.15) is 13.2 Å². The molecule has 0 aliphatic rings. The summed E-state index contributed by atoms with van der Waals surface area (Å²) in [5.41, 5.74) is 3.95. The number of aliphatic hydroxyl groups excluding tert-OH is 1. The third-order valence-corrected chi connectivity index (χ3v) is 2.94. The fourth-order valence-electron chi connectivity index (χ4n) is 1.99. The molecular weight excluding hydrogens is 285 g/mol. The van der Waals surface area contributed by atoms with Crippen LogP contribution in [0, 0.1) is 0 Å². The van der Waals surface area contributed by atoms with Crippen LogP contribution in [0.2, 0.25) is 0 Å². The van der Waals surface area contributed by atoms with Crippen molar-refractivity contribution in [2.75, 3.05) is 0 Å². The average Bonchev–Trinajstić information content (AvgIpc) is 2.45. The monoisotopic (exact) mass is 296 g/mol. The molecule has 3 N–H and O–H groups in total. The molecule has 0 aliphatic heterocycles. The minimum atomic E-state index is -4.58.